The maximum Gasteiger partial charge on any atom is 0.161 e. The third-order valence-corrected chi connectivity index (χ3v) is 7.93. The van der Waals surface area contributed by atoms with Crippen molar-refractivity contribution < 1.29 is 57.6 Å². The van der Waals surface area contributed by atoms with Crippen LogP contribution in [0.5, 0.6) is 34.5 Å². The van der Waals surface area contributed by atoms with E-state index in [1.165, 1.54) is 0 Å². The summed E-state index contributed by atoms with van der Waals surface area (Å²) in [6.45, 7) is 6.48. The second kappa shape index (κ2) is 23.8. The summed E-state index contributed by atoms with van der Waals surface area (Å²) in [7, 11) is 0. The van der Waals surface area contributed by atoms with Crippen molar-refractivity contribution in [1.29, 1.82) is 0 Å². The molecule has 0 bridgehead atoms. The molecule has 0 radical (unpaired) electrons. The van der Waals surface area contributed by atoms with E-state index in [2.05, 4.69) is 0 Å². The van der Waals surface area contributed by atoms with Gasteiger partial charge in [0.05, 0.1) is 79.3 Å². The van der Waals surface area contributed by atoms with Gasteiger partial charge in [-0.05, 0) is 57.9 Å². The lowest BCUT2D eigenvalue weighted by Gasteiger charge is -2.13. The van der Waals surface area contributed by atoms with Gasteiger partial charge in [0.25, 0.3) is 0 Å². The normalized spacial score (nSPS) is 11.3. The molecule has 290 valence electrons. The van der Waals surface area contributed by atoms with Gasteiger partial charge >= 0.3 is 0 Å². The minimum atomic E-state index is 0.111. The number of fused-ring (bicyclic) bond motifs is 2. The molecular formula is C42H50O12. The van der Waals surface area contributed by atoms with Gasteiger partial charge in [-0.3, -0.25) is 0 Å². The lowest BCUT2D eigenvalue weighted by molar-refractivity contribution is 0.00362. The van der Waals surface area contributed by atoms with Crippen LogP contribution < -0.4 is 18.9 Å². The number of hydrogen-bond acceptors (Lipinski definition) is 12. The van der Waals surface area contributed by atoms with Crippen LogP contribution in [0.2, 0.25) is 0 Å². The van der Waals surface area contributed by atoms with E-state index in [1.807, 2.05) is 84.9 Å². The standard InChI is InChI=1S/C42H50O12/c43-37-29-33-7-1-3-9-35(33)31-41(37)53-27-23-49-19-15-45-13-17-47-21-25-51-39-11-5-6-12-40(39)52-26-22-48-18-14-46-16-20-50-24-28-54-42-32-36-10-4-2-8-34(36)30-38(42)44/h1-12,29-32,43-44H,13-28H2. The Bertz CT molecular complexity index is 1670. The smallest absolute Gasteiger partial charge is 0.161 e. The lowest BCUT2D eigenvalue weighted by Crippen LogP contribution is -2.15. The molecule has 0 atom stereocenters. The van der Waals surface area contributed by atoms with Crippen LogP contribution in [0.1, 0.15) is 0 Å². The highest BCUT2D eigenvalue weighted by atomic mass is 16.6. The van der Waals surface area contributed by atoms with E-state index in [0.717, 1.165) is 21.5 Å². The van der Waals surface area contributed by atoms with E-state index >= 15 is 0 Å². The van der Waals surface area contributed by atoms with Crippen LogP contribution in [0.3, 0.4) is 0 Å². The largest absolute Gasteiger partial charge is 0.504 e. The van der Waals surface area contributed by atoms with Gasteiger partial charge in [-0.25, -0.2) is 0 Å². The van der Waals surface area contributed by atoms with Crippen molar-refractivity contribution in [3.8, 4) is 34.5 Å². The number of aromatic hydroxyl groups is 2. The SMILES string of the molecule is Oc1cc2ccccc2cc1OCCOCCOCCOCCOc1ccccc1OCCOCCOCCOCCOc1cc2ccccc2cc1O. The van der Waals surface area contributed by atoms with Crippen LogP contribution in [0, 0.1) is 0 Å². The molecule has 0 aliphatic heterocycles. The third kappa shape index (κ3) is 14.2. The Morgan fingerprint density at radius 1 is 0.278 bits per heavy atom. The van der Waals surface area contributed by atoms with E-state index in [0.29, 0.717) is 129 Å². The molecule has 12 nitrogen and oxygen atoms in total. The minimum absolute atomic E-state index is 0.111. The van der Waals surface area contributed by atoms with Crippen LogP contribution in [-0.4, -0.2) is 116 Å². The van der Waals surface area contributed by atoms with Gasteiger partial charge in [0.1, 0.15) is 26.4 Å². The van der Waals surface area contributed by atoms with Crippen LogP contribution in [-0.2, 0) is 28.4 Å². The Kier molecular flexibility index (Phi) is 17.8. The number of para-hydroxylation sites is 2. The van der Waals surface area contributed by atoms with Gasteiger partial charge < -0.3 is 57.6 Å². The highest BCUT2D eigenvalue weighted by Crippen LogP contribution is 2.32. The Balaban J connectivity index is 0.786. The Labute approximate surface area is 315 Å². The van der Waals surface area contributed by atoms with Crippen molar-refractivity contribution in [3.05, 3.63) is 97.1 Å². The number of phenolic OH excluding ortho intramolecular Hbond substituents is 2. The molecule has 0 aromatic heterocycles. The number of rotatable bonds is 28. The van der Waals surface area contributed by atoms with Crippen molar-refractivity contribution in [2.45, 2.75) is 0 Å². The molecular weight excluding hydrogens is 696 g/mol. The fourth-order valence-corrected chi connectivity index (χ4v) is 5.26. The van der Waals surface area contributed by atoms with E-state index in [1.54, 1.807) is 12.1 Å². The molecule has 54 heavy (non-hydrogen) atoms. The molecule has 2 N–H and O–H groups in total. The molecule has 0 aliphatic carbocycles. The second-order valence-electron chi connectivity index (χ2n) is 11.8. The molecule has 0 amide bonds. The van der Waals surface area contributed by atoms with E-state index in [9.17, 15) is 10.2 Å². The average molecular weight is 747 g/mol. The van der Waals surface area contributed by atoms with Gasteiger partial charge in [0.2, 0.25) is 0 Å². The zero-order valence-electron chi connectivity index (χ0n) is 30.5. The summed E-state index contributed by atoms with van der Waals surface area (Å²) < 4.78 is 56.5. The maximum absolute atomic E-state index is 10.2. The first-order chi connectivity index (χ1) is 26.7. The summed E-state index contributed by atoms with van der Waals surface area (Å²) in [5.41, 5.74) is 0. The first kappa shape index (κ1) is 40.4. The topological polar surface area (TPSA) is 133 Å². The molecule has 0 heterocycles. The fraction of sp³-hybridized carbons (Fsp3) is 0.381. The molecule has 5 aromatic carbocycles. The van der Waals surface area contributed by atoms with Crippen LogP contribution in [0.25, 0.3) is 21.5 Å². The highest BCUT2D eigenvalue weighted by molar-refractivity contribution is 5.86. The summed E-state index contributed by atoms with van der Waals surface area (Å²) in [6.07, 6.45) is 0. The zero-order valence-corrected chi connectivity index (χ0v) is 30.5. The van der Waals surface area contributed by atoms with Gasteiger partial charge in [0, 0.05) is 0 Å². The molecule has 0 saturated heterocycles. The molecule has 0 spiro atoms. The zero-order chi connectivity index (χ0) is 37.5. The lowest BCUT2D eigenvalue weighted by atomic mass is 10.1. The summed E-state index contributed by atoms with van der Waals surface area (Å²) in [4.78, 5) is 0. The van der Waals surface area contributed by atoms with Gasteiger partial charge in [-0.2, -0.15) is 0 Å². The van der Waals surface area contributed by atoms with E-state index in [-0.39, 0.29) is 11.5 Å². The fourth-order valence-electron chi connectivity index (χ4n) is 5.26. The number of hydrogen-bond donors (Lipinski definition) is 2. The maximum atomic E-state index is 10.2. The molecule has 12 heteroatoms. The van der Waals surface area contributed by atoms with Crippen molar-refractivity contribution in [2.75, 3.05) is 106 Å². The van der Waals surface area contributed by atoms with Crippen LogP contribution >= 0.6 is 0 Å². The third-order valence-electron chi connectivity index (χ3n) is 7.93. The highest BCUT2D eigenvalue weighted by Gasteiger charge is 2.07. The van der Waals surface area contributed by atoms with Crippen molar-refractivity contribution in [2.24, 2.45) is 0 Å². The van der Waals surface area contributed by atoms with E-state index in [4.69, 9.17) is 47.4 Å². The predicted molar refractivity (Wildman–Crippen MR) is 205 cm³/mol. The number of benzene rings is 5. The molecule has 0 saturated carbocycles. The van der Waals surface area contributed by atoms with Crippen molar-refractivity contribution in [1.82, 2.24) is 0 Å². The average Bonchev–Trinajstić information content (AvgIpc) is 3.19. The van der Waals surface area contributed by atoms with Gasteiger partial charge in [-0.1, -0.05) is 60.7 Å². The first-order valence-electron chi connectivity index (χ1n) is 18.2. The molecule has 0 aliphatic rings. The van der Waals surface area contributed by atoms with Crippen LogP contribution in [0.4, 0.5) is 0 Å². The van der Waals surface area contributed by atoms with Gasteiger partial charge in [-0.15, -0.1) is 0 Å². The molecule has 0 fully saturated rings. The number of phenols is 2. The summed E-state index contributed by atoms with van der Waals surface area (Å²) >= 11 is 0. The summed E-state index contributed by atoms with van der Waals surface area (Å²) in [6, 6.07) is 30.1. The first-order valence-corrected chi connectivity index (χ1v) is 18.2. The number of ether oxygens (including phenoxy) is 10. The Morgan fingerprint density at radius 2 is 0.519 bits per heavy atom. The Hall–Kier alpha value is -4.82. The van der Waals surface area contributed by atoms with Crippen molar-refractivity contribution >= 4 is 21.5 Å². The van der Waals surface area contributed by atoms with Crippen molar-refractivity contribution in [3.63, 3.8) is 0 Å². The summed E-state index contributed by atoms with van der Waals surface area (Å²) in [5.74, 6) is 2.37. The second-order valence-corrected chi connectivity index (χ2v) is 11.8. The summed E-state index contributed by atoms with van der Waals surface area (Å²) in [5, 5.41) is 24.2. The van der Waals surface area contributed by atoms with Gasteiger partial charge in [0.15, 0.2) is 34.5 Å². The quantitative estimate of drug-likeness (QED) is 0.0548. The molecule has 0 unspecified atom stereocenters. The monoisotopic (exact) mass is 746 g/mol. The van der Waals surface area contributed by atoms with E-state index < -0.39 is 0 Å². The predicted octanol–water partition coefficient (Wildman–Crippen LogP) is 6.42. The molecule has 5 rings (SSSR count). The van der Waals surface area contributed by atoms with Crippen LogP contribution in [0.15, 0.2) is 97.1 Å². The molecule has 5 aromatic rings. The minimum Gasteiger partial charge on any atom is -0.504 e. The Morgan fingerprint density at radius 3 is 0.833 bits per heavy atom.